The van der Waals surface area contributed by atoms with Gasteiger partial charge in [0.05, 0.1) is 5.39 Å². The Balaban J connectivity index is 1.46. The zero-order chi connectivity index (χ0) is 16.1. The van der Waals surface area contributed by atoms with Crippen molar-refractivity contribution < 1.29 is 4.79 Å². The highest BCUT2D eigenvalue weighted by molar-refractivity contribution is 5.76. The molecule has 1 aromatic carbocycles. The van der Waals surface area contributed by atoms with Gasteiger partial charge in [-0.25, -0.2) is 4.68 Å². The van der Waals surface area contributed by atoms with Gasteiger partial charge >= 0.3 is 0 Å². The lowest BCUT2D eigenvalue weighted by Crippen LogP contribution is -2.27. The second-order valence-electron chi connectivity index (χ2n) is 6.03. The van der Waals surface area contributed by atoms with Gasteiger partial charge in [-0.2, -0.15) is 0 Å². The lowest BCUT2D eigenvalue weighted by Gasteiger charge is -2.14. The van der Waals surface area contributed by atoms with Gasteiger partial charge in [0.2, 0.25) is 5.91 Å². The SMILES string of the molecule is O=C(CCCCCn1nnc2ccccc2c1=O)N1CCCC1. The van der Waals surface area contributed by atoms with Gasteiger partial charge in [-0.05, 0) is 37.8 Å². The van der Waals surface area contributed by atoms with Crippen molar-refractivity contribution in [2.45, 2.75) is 45.1 Å². The van der Waals surface area contributed by atoms with E-state index in [9.17, 15) is 9.59 Å². The minimum atomic E-state index is -0.0938. The quantitative estimate of drug-likeness (QED) is 0.765. The fourth-order valence-electron chi connectivity index (χ4n) is 3.01. The van der Waals surface area contributed by atoms with E-state index in [1.807, 2.05) is 17.0 Å². The number of rotatable bonds is 6. The number of benzene rings is 1. The molecule has 0 atom stereocenters. The van der Waals surface area contributed by atoms with Crippen LogP contribution in [0.25, 0.3) is 10.9 Å². The maximum Gasteiger partial charge on any atom is 0.277 e. The van der Waals surface area contributed by atoms with Crippen LogP contribution in [0.3, 0.4) is 0 Å². The Morgan fingerprint density at radius 3 is 2.70 bits per heavy atom. The van der Waals surface area contributed by atoms with Crippen LogP contribution in [0.1, 0.15) is 38.5 Å². The third kappa shape index (κ3) is 3.75. The molecular formula is C17H22N4O2. The summed E-state index contributed by atoms with van der Waals surface area (Å²) in [6.45, 7) is 2.39. The highest BCUT2D eigenvalue weighted by Crippen LogP contribution is 2.11. The molecule has 1 aliphatic heterocycles. The molecule has 1 amide bonds. The van der Waals surface area contributed by atoms with Crippen molar-refractivity contribution in [2.75, 3.05) is 13.1 Å². The maximum absolute atomic E-state index is 12.3. The molecule has 6 nitrogen and oxygen atoms in total. The number of likely N-dealkylation sites (tertiary alicyclic amines) is 1. The Bertz CT molecular complexity index is 735. The van der Waals surface area contributed by atoms with Crippen LogP contribution in [0.4, 0.5) is 0 Å². The van der Waals surface area contributed by atoms with Crippen LogP contribution >= 0.6 is 0 Å². The molecule has 0 aliphatic carbocycles. The Morgan fingerprint density at radius 1 is 1.09 bits per heavy atom. The number of unbranched alkanes of at least 4 members (excludes halogenated alkanes) is 2. The molecule has 0 bridgehead atoms. The minimum absolute atomic E-state index is 0.0938. The van der Waals surface area contributed by atoms with Crippen LogP contribution in [-0.4, -0.2) is 38.9 Å². The summed E-state index contributed by atoms with van der Waals surface area (Å²) in [4.78, 5) is 26.2. The van der Waals surface area contributed by atoms with Gasteiger partial charge < -0.3 is 4.90 Å². The van der Waals surface area contributed by atoms with E-state index < -0.39 is 0 Å². The van der Waals surface area contributed by atoms with Crippen LogP contribution < -0.4 is 5.56 Å². The van der Waals surface area contributed by atoms with Crippen LogP contribution in [0.2, 0.25) is 0 Å². The standard InChI is InChI=1S/C17H22N4O2/c22-16(20-11-6-7-12-20)10-2-1-5-13-21-17(23)14-8-3-4-9-15(14)18-19-21/h3-4,8-9H,1-2,5-7,10-13H2. The smallest absolute Gasteiger partial charge is 0.277 e. The summed E-state index contributed by atoms with van der Waals surface area (Å²) in [7, 11) is 0. The van der Waals surface area contributed by atoms with Gasteiger partial charge in [0.25, 0.3) is 5.56 Å². The van der Waals surface area contributed by atoms with Gasteiger partial charge in [-0.15, -0.1) is 5.10 Å². The molecule has 23 heavy (non-hydrogen) atoms. The van der Waals surface area contributed by atoms with E-state index in [4.69, 9.17) is 0 Å². The lowest BCUT2D eigenvalue weighted by atomic mass is 10.2. The van der Waals surface area contributed by atoms with Gasteiger partial charge in [0, 0.05) is 26.1 Å². The van der Waals surface area contributed by atoms with Crippen molar-refractivity contribution in [3.8, 4) is 0 Å². The number of aromatic nitrogens is 3. The van der Waals surface area contributed by atoms with Crippen molar-refractivity contribution in [3.63, 3.8) is 0 Å². The van der Waals surface area contributed by atoms with E-state index in [1.54, 1.807) is 12.1 Å². The number of carbonyl (C=O) groups is 1. The minimum Gasteiger partial charge on any atom is -0.343 e. The van der Waals surface area contributed by atoms with Crippen molar-refractivity contribution in [2.24, 2.45) is 0 Å². The van der Waals surface area contributed by atoms with Gasteiger partial charge in [0.1, 0.15) is 5.52 Å². The molecule has 6 heteroatoms. The summed E-state index contributed by atoms with van der Waals surface area (Å²) in [5.74, 6) is 0.269. The molecule has 0 saturated carbocycles. The number of nitrogens with zero attached hydrogens (tertiary/aromatic N) is 4. The summed E-state index contributed by atoms with van der Waals surface area (Å²) in [6.07, 6.45) is 5.49. The molecular weight excluding hydrogens is 292 g/mol. The van der Waals surface area contributed by atoms with Crippen molar-refractivity contribution in [3.05, 3.63) is 34.6 Å². The average molecular weight is 314 g/mol. The van der Waals surface area contributed by atoms with E-state index in [0.29, 0.717) is 23.9 Å². The molecule has 1 saturated heterocycles. The second-order valence-corrected chi connectivity index (χ2v) is 6.03. The predicted molar refractivity (Wildman–Crippen MR) is 88.1 cm³/mol. The normalized spacial score (nSPS) is 14.5. The molecule has 0 radical (unpaired) electrons. The van der Waals surface area contributed by atoms with Crippen LogP contribution in [0.5, 0.6) is 0 Å². The molecule has 0 unspecified atom stereocenters. The molecule has 0 N–H and O–H groups in total. The summed E-state index contributed by atoms with van der Waals surface area (Å²) in [5, 5.41) is 8.66. The lowest BCUT2D eigenvalue weighted by molar-refractivity contribution is -0.130. The molecule has 3 rings (SSSR count). The topological polar surface area (TPSA) is 68.1 Å². The molecule has 1 aliphatic rings. The van der Waals surface area contributed by atoms with E-state index in [-0.39, 0.29) is 11.5 Å². The summed E-state index contributed by atoms with van der Waals surface area (Å²) >= 11 is 0. The van der Waals surface area contributed by atoms with E-state index in [2.05, 4.69) is 10.3 Å². The second kappa shape index (κ2) is 7.35. The third-order valence-electron chi connectivity index (χ3n) is 4.35. The average Bonchev–Trinajstić information content (AvgIpc) is 3.11. The number of hydrogen-bond donors (Lipinski definition) is 0. The largest absolute Gasteiger partial charge is 0.343 e. The van der Waals surface area contributed by atoms with Crippen LogP contribution in [0.15, 0.2) is 29.1 Å². The first-order chi connectivity index (χ1) is 11.3. The van der Waals surface area contributed by atoms with Crippen molar-refractivity contribution >= 4 is 16.8 Å². The predicted octanol–water partition coefficient (Wildman–Crippen LogP) is 1.97. The molecule has 1 aromatic heterocycles. The van der Waals surface area contributed by atoms with E-state index in [1.165, 1.54) is 4.68 Å². The first kappa shape index (κ1) is 15.6. The molecule has 2 heterocycles. The van der Waals surface area contributed by atoms with E-state index in [0.717, 1.165) is 45.2 Å². The Kier molecular flexibility index (Phi) is 5.00. The molecule has 0 spiro atoms. The first-order valence-corrected chi connectivity index (χ1v) is 8.36. The van der Waals surface area contributed by atoms with Gasteiger partial charge in [0.15, 0.2) is 0 Å². The van der Waals surface area contributed by atoms with Crippen molar-refractivity contribution in [1.29, 1.82) is 0 Å². The third-order valence-corrected chi connectivity index (χ3v) is 4.35. The molecule has 2 aromatic rings. The zero-order valence-electron chi connectivity index (χ0n) is 13.3. The van der Waals surface area contributed by atoms with Crippen LogP contribution in [-0.2, 0) is 11.3 Å². The highest BCUT2D eigenvalue weighted by Gasteiger charge is 2.16. The highest BCUT2D eigenvalue weighted by atomic mass is 16.2. The Morgan fingerprint density at radius 2 is 1.87 bits per heavy atom. The first-order valence-electron chi connectivity index (χ1n) is 8.36. The maximum atomic E-state index is 12.3. The number of amides is 1. The fourth-order valence-corrected chi connectivity index (χ4v) is 3.01. The Labute approximate surface area is 135 Å². The number of fused-ring (bicyclic) bond motifs is 1. The number of hydrogen-bond acceptors (Lipinski definition) is 4. The van der Waals surface area contributed by atoms with Gasteiger partial charge in [-0.1, -0.05) is 23.8 Å². The van der Waals surface area contributed by atoms with Crippen molar-refractivity contribution in [1.82, 2.24) is 19.9 Å². The summed E-state index contributed by atoms with van der Waals surface area (Å²) < 4.78 is 1.42. The zero-order valence-corrected chi connectivity index (χ0v) is 13.3. The monoisotopic (exact) mass is 314 g/mol. The Hall–Kier alpha value is -2.24. The summed E-state index contributed by atoms with van der Waals surface area (Å²) in [5.41, 5.74) is 0.536. The van der Waals surface area contributed by atoms with Crippen LogP contribution in [0, 0.1) is 0 Å². The fraction of sp³-hybridized carbons (Fsp3) is 0.529. The number of carbonyl (C=O) groups excluding carboxylic acids is 1. The van der Waals surface area contributed by atoms with Gasteiger partial charge in [-0.3, -0.25) is 9.59 Å². The summed E-state index contributed by atoms with van der Waals surface area (Å²) in [6, 6.07) is 7.24. The van der Waals surface area contributed by atoms with E-state index >= 15 is 0 Å². The number of aryl methyl sites for hydroxylation is 1. The molecule has 122 valence electrons. The molecule has 1 fully saturated rings.